The molecule has 25 heavy (non-hydrogen) atoms. The van der Waals surface area contributed by atoms with Crippen molar-refractivity contribution < 1.29 is 4.74 Å². The van der Waals surface area contributed by atoms with Gasteiger partial charge in [0.25, 0.3) is 0 Å². The van der Waals surface area contributed by atoms with Gasteiger partial charge in [0, 0.05) is 22.7 Å². The predicted octanol–water partition coefficient (Wildman–Crippen LogP) is 5.32. The second kappa shape index (κ2) is 6.66. The highest BCUT2D eigenvalue weighted by molar-refractivity contribution is 6.33. The van der Waals surface area contributed by atoms with E-state index in [1.54, 1.807) is 0 Å². The summed E-state index contributed by atoms with van der Waals surface area (Å²) in [5, 5.41) is 1.69. The number of nitrogens with zero attached hydrogens (tertiary/aromatic N) is 2. The summed E-state index contributed by atoms with van der Waals surface area (Å²) in [4.78, 5) is 9.39. The number of aliphatic imine (C=N–C) groups is 1. The largest absolute Gasteiger partial charge is 0.484 e. The quantitative estimate of drug-likeness (QED) is 0.579. The minimum Gasteiger partial charge on any atom is -0.484 e. The second-order valence-corrected chi connectivity index (χ2v) is 6.97. The Morgan fingerprint density at radius 2 is 1.88 bits per heavy atom. The zero-order valence-electron chi connectivity index (χ0n) is 14.0. The van der Waals surface area contributed by atoms with Crippen LogP contribution in [0.5, 0.6) is 5.75 Å². The van der Waals surface area contributed by atoms with Gasteiger partial charge in [-0.1, -0.05) is 35.9 Å². The summed E-state index contributed by atoms with van der Waals surface area (Å²) in [6.07, 6.45) is 1.87. The van der Waals surface area contributed by atoms with Gasteiger partial charge in [0.05, 0.1) is 22.8 Å². The maximum Gasteiger partial charge on any atom is 0.148 e. The molecule has 1 aromatic heterocycles. The molecule has 0 bridgehead atoms. The van der Waals surface area contributed by atoms with Crippen LogP contribution in [0, 0.1) is 0 Å². The van der Waals surface area contributed by atoms with E-state index in [-0.39, 0.29) is 12.4 Å². The Morgan fingerprint density at radius 1 is 1.08 bits per heavy atom. The Balaban J connectivity index is 0.00000182. The van der Waals surface area contributed by atoms with Gasteiger partial charge in [-0.3, -0.25) is 9.98 Å². The van der Waals surface area contributed by atoms with Crippen molar-refractivity contribution in [2.75, 3.05) is 6.54 Å². The average Bonchev–Trinajstić information content (AvgIpc) is 2.71. The summed E-state index contributed by atoms with van der Waals surface area (Å²) in [7, 11) is 0. The number of para-hydroxylation sites is 2. The molecule has 1 aliphatic heterocycles. The number of aromatic nitrogens is 1. The fraction of sp³-hybridized carbons (Fsp3) is 0.200. The van der Waals surface area contributed by atoms with Crippen LogP contribution in [0.25, 0.3) is 10.9 Å². The maximum atomic E-state index is 6.39. The first-order chi connectivity index (χ1) is 11.5. The molecule has 4 rings (SSSR count). The Bertz CT molecular complexity index is 967. The molecule has 128 valence electrons. The minimum absolute atomic E-state index is 0. The van der Waals surface area contributed by atoms with Crippen LogP contribution in [0.3, 0.4) is 0 Å². The van der Waals surface area contributed by atoms with Gasteiger partial charge in [0.2, 0.25) is 0 Å². The van der Waals surface area contributed by atoms with Crippen molar-refractivity contribution in [3.05, 3.63) is 70.9 Å². The molecule has 1 aliphatic rings. The molecule has 0 fully saturated rings. The van der Waals surface area contributed by atoms with Crippen LogP contribution in [-0.2, 0) is 0 Å². The Labute approximate surface area is 158 Å². The lowest BCUT2D eigenvalue weighted by Gasteiger charge is -2.24. The summed E-state index contributed by atoms with van der Waals surface area (Å²) in [6, 6.07) is 15.9. The van der Waals surface area contributed by atoms with Crippen LogP contribution in [0.15, 0.2) is 59.7 Å². The van der Waals surface area contributed by atoms with E-state index in [4.69, 9.17) is 21.3 Å². The van der Waals surface area contributed by atoms with Gasteiger partial charge in [-0.2, -0.15) is 0 Å². The number of ether oxygens (including phenoxy) is 1. The van der Waals surface area contributed by atoms with Crippen molar-refractivity contribution in [1.82, 2.24) is 4.98 Å². The zero-order chi connectivity index (χ0) is 16.7. The van der Waals surface area contributed by atoms with Crippen molar-refractivity contribution in [1.29, 1.82) is 0 Å². The number of fused-ring (bicyclic) bond motifs is 2. The Hall–Kier alpha value is -2.10. The first-order valence-electron chi connectivity index (χ1n) is 7.91. The summed E-state index contributed by atoms with van der Waals surface area (Å²) in [6.45, 7) is 4.59. The van der Waals surface area contributed by atoms with E-state index in [1.165, 1.54) is 0 Å². The molecule has 0 amide bonds. The van der Waals surface area contributed by atoms with E-state index in [1.807, 2.05) is 56.4 Å². The fourth-order valence-electron chi connectivity index (χ4n) is 2.91. The third kappa shape index (κ3) is 3.35. The molecule has 0 atom stereocenters. The molecular weight excluding hydrogens is 355 g/mol. The van der Waals surface area contributed by atoms with Crippen molar-refractivity contribution in [2.45, 2.75) is 19.4 Å². The second-order valence-electron chi connectivity index (χ2n) is 6.56. The Kier molecular flexibility index (Phi) is 4.72. The SMILES string of the molecule is CC1(C)CN=C(c2cnc3ccccc3c2)c2cccc(Cl)c2O1.Cl. The van der Waals surface area contributed by atoms with Gasteiger partial charge in [-0.25, -0.2) is 0 Å². The van der Waals surface area contributed by atoms with Gasteiger partial charge >= 0.3 is 0 Å². The van der Waals surface area contributed by atoms with Crippen LogP contribution in [-0.4, -0.2) is 22.8 Å². The minimum atomic E-state index is -0.411. The lowest BCUT2D eigenvalue weighted by atomic mass is 10.0. The van der Waals surface area contributed by atoms with E-state index in [0.29, 0.717) is 17.3 Å². The molecule has 0 unspecified atom stereocenters. The topological polar surface area (TPSA) is 34.5 Å². The molecule has 0 radical (unpaired) electrons. The first-order valence-corrected chi connectivity index (χ1v) is 8.29. The molecule has 3 nitrogen and oxygen atoms in total. The highest BCUT2D eigenvalue weighted by atomic mass is 35.5. The summed E-state index contributed by atoms with van der Waals surface area (Å²) in [5.41, 5.74) is 3.31. The van der Waals surface area contributed by atoms with Gasteiger partial charge in [-0.05, 0) is 38.1 Å². The van der Waals surface area contributed by atoms with E-state index in [9.17, 15) is 0 Å². The van der Waals surface area contributed by atoms with Crippen molar-refractivity contribution in [2.24, 2.45) is 4.99 Å². The van der Waals surface area contributed by atoms with Gasteiger partial charge in [0.15, 0.2) is 0 Å². The molecule has 2 heterocycles. The average molecular weight is 373 g/mol. The normalized spacial score (nSPS) is 15.4. The van der Waals surface area contributed by atoms with E-state index in [2.05, 4.69) is 17.1 Å². The van der Waals surface area contributed by atoms with E-state index >= 15 is 0 Å². The molecule has 2 aromatic carbocycles. The number of benzene rings is 2. The molecule has 0 N–H and O–H groups in total. The van der Waals surface area contributed by atoms with Crippen molar-refractivity contribution in [3.8, 4) is 5.75 Å². The van der Waals surface area contributed by atoms with Crippen LogP contribution in [0.4, 0.5) is 0 Å². The van der Waals surface area contributed by atoms with Crippen LogP contribution in [0.2, 0.25) is 5.02 Å². The van der Waals surface area contributed by atoms with Crippen molar-refractivity contribution >= 4 is 40.6 Å². The van der Waals surface area contributed by atoms with Crippen LogP contribution < -0.4 is 4.74 Å². The Morgan fingerprint density at radius 3 is 2.72 bits per heavy atom. The molecule has 0 aliphatic carbocycles. The van der Waals surface area contributed by atoms with Crippen molar-refractivity contribution in [3.63, 3.8) is 0 Å². The standard InChI is InChI=1S/C20H17ClN2O.ClH/c1-20(2)12-23-18(15-7-5-8-16(21)19(15)24-20)14-10-13-6-3-4-9-17(13)22-11-14;/h3-11H,12H2,1-2H3;1H. The summed E-state index contributed by atoms with van der Waals surface area (Å²) >= 11 is 6.39. The summed E-state index contributed by atoms with van der Waals surface area (Å²) in [5.74, 6) is 0.688. The third-order valence-corrected chi connectivity index (χ3v) is 4.38. The fourth-order valence-corrected chi connectivity index (χ4v) is 3.12. The lowest BCUT2D eigenvalue weighted by molar-refractivity contribution is 0.121. The highest BCUT2D eigenvalue weighted by Gasteiger charge is 2.28. The smallest absolute Gasteiger partial charge is 0.148 e. The highest BCUT2D eigenvalue weighted by Crippen LogP contribution is 2.35. The van der Waals surface area contributed by atoms with Gasteiger partial charge in [-0.15, -0.1) is 12.4 Å². The number of pyridine rings is 1. The molecule has 0 saturated heterocycles. The molecule has 5 heteroatoms. The third-order valence-electron chi connectivity index (χ3n) is 4.08. The molecule has 3 aromatic rings. The summed E-state index contributed by atoms with van der Waals surface area (Å²) < 4.78 is 6.15. The van der Waals surface area contributed by atoms with Gasteiger partial charge < -0.3 is 4.74 Å². The van der Waals surface area contributed by atoms with Crippen LogP contribution in [0.1, 0.15) is 25.0 Å². The monoisotopic (exact) mass is 372 g/mol. The molecular formula is C20H18Cl2N2O. The van der Waals surface area contributed by atoms with E-state index < -0.39 is 5.60 Å². The molecule has 0 saturated carbocycles. The predicted molar refractivity (Wildman–Crippen MR) is 106 cm³/mol. The molecule has 0 spiro atoms. The number of hydrogen-bond acceptors (Lipinski definition) is 3. The lowest BCUT2D eigenvalue weighted by Crippen LogP contribution is -2.31. The van der Waals surface area contributed by atoms with E-state index in [0.717, 1.165) is 27.7 Å². The maximum absolute atomic E-state index is 6.39. The number of halogens is 2. The van der Waals surface area contributed by atoms with Gasteiger partial charge in [0.1, 0.15) is 11.4 Å². The number of rotatable bonds is 1. The number of hydrogen-bond donors (Lipinski definition) is 0. The van der Waals surface area contributed by atoms with Crippen LogP contribution >= 0.6 is 24.0 Å². The first kappa shape index (κ1) is 17.7. The zero-order valence-corrected chi connectivity index (χ0v) is 15.6.